The predicted molar refractivity (Wildman–Crippen MR) is 83.1 cm³/mol. The van der Waals surface area contributed by atoms with Gasteiger partial charge >= 0.3 is 0 Å². The lowest BCUT2D eigenvalue weighted by Gasteiger charge is -2.07. The van der Waals surface area contributed by atoms with Crippen molar-refractivity contribution in [2.45, 2.75) is 0 Å². The van der Waals surface area contributed by atoms with E-state index in [1.54, 1.807) is 42.8 Å². The topological polar surface area (TPSA) is 55.1 Å². The first kappa shape index (κ1) is 13.4. The molecule has 0 saturated heterocycles. The SMILES string of the molecule is O=C(C=Cc1ccco1)Nc1cc(Cl)cc2cccnc12. The quantitative estimate of drug-likeness (QED) is 0.740. The number of aromatic nitrogens is 1. The molecule has 21 heavy (non-hydrogen) atoms. The first-order valence-electron chi connectivity index (χ1n) is 6.29. The summed E-state index contributed by atoms with van der Waals surface area (Å²) in [6.45, 7) is 0. The molecule has 3 rings (SSSR count). The zero-order valence-electron chi connectivity index (χ0n) is 10.9. The summed E-state index contributed by atoms with van der Waals surface area (Å²) in [4.78, 5) is 16.2. The summed E-state index contributed by atoms with van der Waals surface area (Å²) in [6.07, 6.45) is 6.21. The van der Waals surface area contributed by atoms with E-state index in [0.717, 1.165) is 5.39 Å². The maximum absolute atomic E-state index is 12.0. The lowest BCUT2D eigenvalue weighted by atomic mass is 10.2. The molecule has 1 amide bonds. The number of pyridine rings is 1. The van der Waals surface area contributed by atoms with Gasteiger partial charge in [0.05, 0.1) is 17.5 Å². The molecule has 0 fully saturated rings. The summed E-state index contributed by atoms with van der Waals surface area (Å²) >= 11 is 6.05. The largest absolute Gasteiger partial charge is 0.465 e. The van der Waals surface area contributed by atoms with Gasteiger partial charge in [0.15, 0.2) is 0 Å². The van der Waals surface area contributed by atoms with Crippen molar-refractivity contribution in [2.24, 2.45) is 0 Å². The van der Waals surface area contributed by atoms with Gasteiger partial charge in [0.2, 0.25) is 5.91 Å². The standard InChI is InChI=1S/C16H11ClN2O2/c17-12-9-11-3-1-7-18-16(11)14(10-12)19-15(20)6-5-13-4-2-8-21-13/h1-10H,(H,19,20). The molecule has 0 aliphatic heterocycles. The lowest BCUT2D eigenvalue weighted by molar-refractivity contribution is -0.111. The van der Waals surface area contributed by atoms with E-state index in [4.69, 9.17) is 16.0 Å². The molecule has 1 aromatic carbocycles. The number of carbonyl (C=O) groups excluding carboxylic acids is 1. The number of fused-ring (bicyclic) bond motifs is 1. The first-order chi connectivity index (χ1) is 10.2. The van der Waals surface area contributed by atoms with Crippen LogP contribution in [0.15, 0.2) is 59.4 Å². The van der Waals surface area contributed by atoms with Gasteiger partial charge in [-0.05, 0) is 36.4 Å². The minimum absolute atomic E-state index is 0.277. The highest BCUT2D eigenvalue weighted by Gasteiger charge is 2.06. The molecule has 0 bridgehead atoms. The van der Waals surface area contributed by atoms with E-state index in [-0.39, 0.29) is 5.91 Å². The van der Waals surface area contributed by atoms with Gasteiger partial charge in [-0.2, -0.15) is 0 Å². The van der Waals surface area contributed by atoms with Crippen LogP contribution in [0.4, 0.5) is 5.69 Å². The van der Waals surface area contributed by atoms with E-state index < -0.39 is 0 Å². The number of hydrogen-bond acceptors (Lipinski definition) is 3. The Balaban J connectivity index is 1.86. The van der Waals surface area contributed by atoms with E-state index in [1.165, 1.54) is 6.08 Å². The second-order valence-electron chi connectivity index (χ2n) is 4.37. The van der Waals surface area contributed by atoms with Gasteiger partial charge in [0.1, 0.15) is 5.76 Å². The van der Waals surface area contributed by atoms with Gasteiger partial charge in [-0.15, -0.1) is 0 Å². The van der Waals surface area contributed by atoms with Crippen LogP contribution in [0.3, 0.4) is 0 Å². The number of rotatable bonds is 3. The average Bonchev–Trinajstić information content (AvgIpc) is 2.98. The third kappa shape index (κ3) is 3.12. The van der Waals surface area contributed by atoms with Crippen LogP contribution in [-0.2, 0) is 4.79 Å². The van der Waals surface area contributed by atoms with Crippen LogP contribution < -0.4 is 5.32 Å². The number of nitrogens with one attached hydrogen (secondary N) is 1. The number of hydrogen-bond donors (Lipinski definition) is 1. The third-order valence-corrected chi connectivity index (χ3v) is 3.09. The molecule has 5 heteroatoms. The molecule has 104 valence electrons. The van der Waals surface area contributed by atoms with E-state index >= 15 is 0 Å². The van der Waals surface area contributed by atoms with Crippen LogP contribution in [0.5, 0.6) is 0 Å². The predicted octanol–water partition coefficient (Wildman–Crippen LogP) is 4.13. The summed E-state index contributed by atoms with van der Waals surface area (Å²) in [5.74, 6) is 0.333. The fraction of sp³-hybridized carbons (Fsp3) is 0. The lowest BCUT2D eigenvalue weighted by Crippen LogP contribution is -2.08. The first-order valence-corrected chi connectivity index (χ1v) is 6.67. The normalized spacial score (nSPS) is 11.1. The fourth-order valence-electron chi connectivity index (χ4n) is 1.97. The monoisotopic (exact) mass is 298 g/mol. The number of amides is 1. The Morgan fingerprint density at radius 2 is 2.19 bits per heavy atom. The summed E-state index contributed by atoms with van der Waals surface area (Å²) in [5, 5.41) is 4.19. The van der Waals surface area contributed by atoms with Gasteiger partial charge in [0.25, 0.3) is 0 Å². The van der Waals surface area contributed by atoms with Crippen molar-refractivity contribution in [3.8, 4) is 0 Å². The second-order valence-corrected chi connectivity index (χ2v) is 4.80. The zero-order valence-corrected chi connectivity index (χ0v) is 11.7. The Bertz CT molecular complexity index is 810. The van der Waals surface area contributed by atoms with Gasteiger partial charge in [-0.1, -0.05) is 17.7 Å². The van der Waals surface area contributed by atoms with Crippen molar-refractivity contribution in [3.05, 3.63) is 65.7 Å². The van der Waals surface area contributed by atoms with Crippen molar-refractivity contribution >= 4 is 40.2 Å². The molecule has 0 saturated carbocycles. The van der Waals surface area contributed by atoms with Crippen molar-refractivity contribution < 1.29 is 9.21 Å². The number of benzene rings is 1. The average molecular weight is 299 g/mol. The Hall–Kier alpha value is -2.59. The number of furan rings is 1. The molecule has 3 aromatic rings. The van der Waals surface area contributed by atoms with Crippen LogP contribution in [0.1, 0.15) is 5.76 Å². The number of halogens is 1. The van der Waals surface area contributed by atoms with E-state index in [9.17, 15) is 4.79 Å². The highest BCUT2D eigenvalue weighted by molar-refractivity contribution is 6.32. The van der Waals surface area contributed by atoms with Crippen molar-refractivity contribution in [3.63, 3.8) is 0 Å². The fourth-order valence-corrected chi connectivity index (χ4v) is 2.20. The third-order valence-electron chi connectivity index (χ3n) is 2.87. The number of nitrogens with zero attached hydrogens (tertiary/aromatic N) is 1. The highest BCUT2D eigenvalue weighted by Crippen LogP contribution is 2.26. The van der Waals surface area contributed by atoms with E-state index in [2.05, 4.69) is 10.3 Å². The van der Waals surface area contributed by atoms with E-state index in [0.29, 0.717) is 22.0 Å². The van der Waals surface area contributed by atoms with Crippen molar-refractivity contribution in [2.75, 3.05) is 5.32 Å². The summed E-state index contributed by atoms with van der Waals surface area (Å²) in [5.41, 5.74) is 1.27. The highest BCUT2D eigenvalue weighted by atomic mass is 35.5. The van der Waals surface area contributed by atoms with Gasteiger partial charge in [-0.25, -0.2) is 0 Å². The van der Waals surface area contributed by atoms with Gasteiger partial charge in [-0.3, -0.25) is 9.78 Å². The minimum Gasteiger partial charge on any atom is -0.465 e. The molecular formula is C16H11ClN2O2. The molecule has 2 heterocycles. The number of carbonyl (C=O) groups is 1. The van der Waals surface area contributed by atoms with Crippen LogP contribution in [0, 0.1) is 0 Å². The second kappa shape index (κ2) is 5.81. The van der Waals surface area contributed by atoms with Crippen LogP contribution in [0.2, 0.25) is 5.02 Å². The van der Waals surface area contributed by atoms with Crippen molar-refractivity contribution in [1.82, 2.24) is 4.98 Å². The van der Waals surface area contributed by atoms with Crippen LogP contribution in [0.25, 0.3) is 17.0 Å². The Morgan fingerprint density at radius 3 is 3.00 bits per heavy atom. The maximum Gasteiger partial charge on any atom is 0.248 e. The zero-order chi connectivity index (χ0) is 14.7. The molecule has 4 nitrogen and oxygen atoms in total. The molecule has 0 aliphatic carbocycles. The molecule has 0 atom stereocenters. The summed E-state index contributed by atoms with van der Waals surface area (Å²) in [6, 6.07) is 10.7. The Kier molecular flexibility index (Phi) is 3.71. The molecule has 1 N–H and O–H groups in total. The van der Waals surface area contributed by atoms with Crippen molar-refractivity contribution in [1.29, 1.82) is 0 Å². The Labute approximate surface area is 126 Å². The van der Waals surface area contributed by atoms with Gasteiger partial charge in [0, 0.05) is 22.7 Å². The van der Waals surface area contributed by atoms with Gasteiger partial charge < -0.3 is 9.73 Å². The molecule has 2 aromatic heterocycles. The molecule has 0 unspecified atom stereocenters. The molecule has 0 aliphatic rings. The smallest absolute Gasteiger partial charge is 0.248 e. The maximum atomic E-state index is 12.0. The van der Waals surface area contributed by atoms with Crippen LogP contribution in [-0.4, -0.2) is 10.9 Å². The number of anilines is 1. The molecule has 0 radical (unpaired) electrons. The summed E-state index contributed by atoms with van der Waals surface area (Å²) in [7, 11) is 0. The van der Waals surface area contributed by atoms with E-state index in [1.807, 2.05) is 12.1 Å². The molecular weight excluding hydrogens is 288 g/mol. The van der Waals surface area contributed by atoms with Crippen LogP contribution >= 0.6 is 11.6 Å². The summed E-state index contributed by atoms with van der Waals surface area (Å²) < 4.78 is 5.12. The molecule has 0 spiro atoms. The Morgan fingerprint density at radius 1 is 1.29 bits per heavy atom. The minimum atomic E-state index is -0.277.